The van der Waals surface area contributed by atoms with Crippen molar-refractivity contribution in [3.63, 3.8) is 0 Å². The Morgan fingerprint density at radius 2 is 2.28 bits per heavy atom. The van der Waals surface area contributed by atoms with Gasteiger partial charge in [-0.25, -0.2) is 4.98 Å². The number of carboxylic acids is 1. The van der Waals surface area contributed by atoms with Gasteiger partial charge in [0, 0.05) is 11.6 Å². The third-order valence-electron chi connectivity index (χ3n) is 2.62. The number of anilines is 1. The highest BCUT2D eigenvalue weighted by atomic mass is 16.4. The van der Waals surface area contributed by atoms with Gasteiger partial charge >= 0.3 is 5.97 Å². The van der Waals surface area contributed by atoms with Gasteiger partial charge < -0.3 is 10.4 Å². The van der Waals surface area contributed by atoms with Gasteiger partial charge in [0.15, 0.2) is 0 Å². The molecular weight excluding hydrogens is 230 g/mol. The van der Waals surface area contributed by atoms with Crippen LogP contribution in [0.25, 0.3) is 10.8 Å². The van der Waals surface area contributed by atoms with Gasteiger partial charge in [-0.05, 0) is 36.6 Å². The Morgan fingerprint density at radius 3 is 2.94 bits per heavy atom. The molecule has 18 heavy (non-hydrogen) atoms. The van der Waals surface area contributed by atoms with E-state index in [1.165, 1.54) is 0 Å². The SMILES string of the molecule is CC(Nc1nccc2cc(C#N)ccc12)C(=O)O. The van der Waals surface area contributed by atoms with E-state index in [1.54, 1.807) is 37.4 Å². The highest BCUT2D eigenvalue weighted by Gasteiger charge is 2.12. The Morgan fingerprint density at radius 1 is 1.50 bits per heavy atom. The average Bonchev–Trinajstić information content (AvgIpc) is 2.38. The number of fused-ring (bicyclic) bond motifs is 1. The van der Waals surface area contributed by atoms with Crippen LogP contribution in [0.1, 0.15) is 12.5 Å². The maximum atomic E-state index is 10.8. The van der Waals surface area contributed by atoms with Gasteiger partial charge in [-0.1, -0.05) is 0 Å². The molecule has 0 aliphatic rings. The molecule has 0 saturated carbocycles. The van der Waals surface area contributed by atoms with E-state index in [2.05, 4.69) is 16.4 Å². The maximum absolute atomic E-state index is 10.8. The molecule has 0 aliphatic carbocycles. The van der Waals surface area contributed by atoms with E-state index in [4.69, 9.17) is 10.4 Å². The minimum absolute atomic E-state index is 0.506. The summed E-state index contributed by atoms with van der Waals surface area (Å²) in [7, 11) is 0. The van der Waals surface area contributed by atoms with E-state index in [1.807, 2.05) is 0 Å². The van der Waals surface area contributed by atoms with Gasteiger partial charge in [0.1, 0.15) is 11.9 Å². The molecule has 5 nitrogen and oxygen atoms in total. The molecule has 1 unspecified atom stereocenters. The van der Waals surface area contributed by atoms with Crippen molar-refractivity contribution in [2.45, 2.75) is 13.0 Å². The summed E-state index contributed by atoms with van der Waals surface area (Å²) < 4.78 is 0. The van der Waals surface area contributed by atoms with Crippen LogP contribution < -0.4 is 5.32 Å². The molecule has 0 aliphatic heterocycles. The van der Waals surface area contributed by atoms with Crippen molar-refractivity contribution in [1.29, 1.82) is 5.26 Å². The van der Waals surface area contributed by atoms with E-state index in [-0.39, 0.29) is 0 Å². The molecular formula is C13H11N3O2. The van der Waals surface area contributed by atoms with Crippen molar-refractivity contribution in [3.8, 4) is 6.07 Å². The van der Waals surface area contributed by atoms with Crippen LogP contribution in [0, 0.1) is 11.3 Å². The van der Waals surface area contributed by atoms with Crippen LogP contribution in [0.4, 0.5) is 5.82 Å². The molecule has 2 N–H and O–H groups in total. The number of hydrogen-bond acceptors (Lipinski definition) is 4. The number of nitrogens with one attached hydrogen (secondary N) is 1. The summed E-state index contributed by atoms with van der Waals surface area (Å²) in [5.41, 5.74) is 0.561. The first kappa shape index (κ1) is 11.9. The molecule has 1 aromatic carbocycles. The lowest BCUT2D eigenvalue weighted by Crippen LogP contribution is -2.25. The second-order valence-electron chi connectivity index (χ2n) is 3.91. The maximum Gasteiger partial charge on any atom is 0.325 e. The zero-order chi connectivity index (χ0) is 13.1. The molecule has 0 amide bonds. The molecule has 5 heteroatoms. The van der Waals surface area contributed by atoms with Crippen molar-refractivity contribution < 1.29 is 9.90 Å². The summed E-state index contributed by atoms with van der Waals surface area (Å²) in [4.78, 5) is 14.9. The number of aliphatic carboxylic acids is 1. The minimum atomic E-state index is -0.942. The Balaban J connectivity index is 2.46. The Labute approximate surface area is 104 Å². The van der Waals surface area contributed by atoms with Gasteiger partial charge in [0.05, 0.1) is 11.6 Å². The molecule has 0 fully saturated rings. The van der Waals surface area contributed by atoms with Crippen molar-refractivity contribution in [1.82, 2.24) is 4.98 Å². The Hall–Kier alpha value is -2.61. The Bertz CT molecular complexity index is 646. The fraction of sp³-hybridized carbons (Fsp3) is 0.154. The highest BCUT2D eigenvalue weighted by Crippen LogP contribution is 2.22. The second kappa shape index (κ2) is 4.72. The molecule has 0 saturated heterocycles. The lowest BCUT2D eigenvalue weighted by atomic mass is 10.1. The average molecular weight is 241 g/mol. The number of carbonyl (C=O) groups is 1. The molecule has 2 rings (SSSR count). The summed E-state index contributed by atoms with van der Waals surface area (Å²) in [6.45, 7) is 1.55. The monoisotopic (exact) mass is 241 g/mol. The third-order valence-corrected chi connectivity index (χ3v) is 2.62. The van der Waals surface area contributed by atoms with Crippen LogP contribution in [0.3, 0.4) is 0 Å². The van der Waals surface area contributed by atoms with Gasteiger partial charge in [-0.2, -0.15) is 5.26 Å². The molecule has 0 bridgehead atoms. The predicted molar refractivity (Wildman–Crippen MR) is 67.2 cm³/mol. The number of rotatable bonds is 3. The fourth-order valence-corrected chi connectivity index (χ4v) is 1.63. The first-order chi connectivity index (χ1) is 8.61. The number of pyridine rings is 1. The number of nitriles is 1. The topological polar surface area (TPSA) is 86.0 Å². The number of nitrogens with zero attached hydrogens (tertiary/aromatic N) is 2. The molecule has 0 spiro atoms. The van der Waals surface area contributed by atoms with Gasteiger partial charge in [-0.15, -0.1) is 0 Å². The molecule has 0 radical (unpaired) electrons. The summed E-state index contributed by atoms with van der Waals surface area (Å²) in [5.74, 6) is -0.436. The normalized spacial score (nSPS) is 11.8. The number of aromatic nitrogens is 1. The lowest BCUT2D eigenvalue weighted by Gasteiger charge is -2.12. The first-order valence-corrected chi connectivity index (χ1v) is 5.40. The minimum Gasteiger partial charge on any atom is -0.480 e. The van der Waals surface area contributed by atoms with E-state index in [9.17, 15) is 4.79 Å². The third kappa shape index (κ3) is 2.23. The first-order valence-electron chi connectivity index (χ1n) is 5.40. The van der Waals surface area contributed by atoms with Gasteiger partial charge in [0.2, 0.25) is 0 Å². The molecule has 1 heterocycles. The second-order valence-corrected chi connectivity index (χ2v) is 3.91. The quantitative estimate of drug-likeness (QED) is 0.858. The lowest BCUT2D eigenvalue weighted by molar-refractivity contribution is -0.137. The zero-order valence-corrected chi connectivity index (χ0v) is 9.71. The summed E-state index contributed by atoms with van der Waals surface area (Å²) in [6.07, 6.45) is 1.58. The molecule has 1 aromatic heterocycles. The van der Waals surface area contributed by atoms with Crippen LogP contribution in [0.15, 0.2) is 30.5 Å². The van der Waals surface area contributed by atoms with Crippen molar-refractivity contribution in [2.24, 2.45) is 0 Å². The molecule has 1 atom stereocenters. The van der Waals surface area contributed by atoms with E-state index in [0.717, 1.165) is 10.8 Å². The van der Waals surface area contributed by atoms with Gasteiger partial charge in [0.25, 0.3) is 0 Å². The van der Waals surface area contributed by atoms with E-state index in [0.29, 0.717) is 11.4 Å². The zero-order valence-electron chi connectivity index (χ0n) is 9.71. The smallest absolute Gasteiger partial charge is 0.325 e. The largest absolute Gasteiger partial charge is 0.480 e. The van der Waals surface area contributed by atoms with Crippen LogP contribution >= 0.6 is 0 Å². The number of benzene rings is 1. The number of hydrogen-bond donors (Lipinski definition) is 2. The van der Waals surface area contributed by atoms with Crippen molar-refractivity contribution >= 4 is 22.6 Å². The van der Waals surface area contributed by atoms with Crippen LogP contribution in [-0.2, 0) is 4.79 Å². The van der Waals surface area contributed by atoms with Crippen LogP contribution in [0.2, 0.25) is 0 Å². The van der Waals surface area contributed by atoms with E-state index < -0.39 is 12.0 Å². The van der Waals surface area contributed by atoms with Crippen LogP contribution in [-0.4, -0.2) is 22.1 Å². The summed E-state index contributed by atoms with van der Waals surface area (Å²) in [6, 6.07) is 8.31. The highest BCUT2D eigenvalue weighted by molar-refractivity contribution is 5.93. The fourth-order valence-electron chi connectivity index (χ4n) is 1.63. The summed E-state index contributed by atoms with van der Waals surface area (Å²) >= 11 is 0. The molecule has 90 valence electrons. The molecule has 2 aromatic rings. The summed E-state index contributed by atoms with van der Waals surface area (Å²) in [5, 5.41) is 22.2. The number of carboxylic acid groups (broad SMARTS) is 1. The van der Waals surface area contributed by atoms with Crippen molar-refractivity contribution in [2.75, 3.05) is 5.32 Å². The standard InChI is InChI=1S/C13H11N3O2/c1-8(13(17)18)16-12-11-3-2-9(7-14)6-10(11)4-5-15-12/h2-6,8H,1H3,(H,15,16)(H,17,18). The van der Waals surface area contributed by atoms with E-state index >= 15 is 0 Å². The van der Waals surface area contributed by atoms with Crippen molar-refractivity contribution in [3.05, 3.63) is 36.0 Å². The van der Waals surface area contributed by atoms with Gasteiger partial charge in [-0.3, -0.25) is 4.79 Å². The predicted octanol–water partition coefficient (Wildman–Crippen LogP) is 1.99. The van der Waals surface area contributed by atoms with Crippen LogP contribution in [0.5, 0.6) is 0 Å². The Kier molecular flexibility index (Phi) is 3.11.